The first kappa shape index (κ1) is 9.78. The molecule has 0 unspecified atom stereocenters. The first-order valence-electron chi connectivity index (χ1n) is 3.05. The van der Waals surface area contributed by atoms with Crippen LogP contribution in [0.2, 0.25) is 10.0 Å². The summed E-state index contributed by atoms with van der Waals surface area (Å²) < 4.78 is 0. The Morgan fingerprint density at radius 1 is 1.33 bits per heavy atom. The summed E-state index contributed by atoms with van der Waals surface area (Å²) in [5.74, 6) is -0.433. The fraction of sp³-hybridized carbons (Fsp3) is 0.143. The highest BCUT2D eigenvalue weighted by molar-refractivity contribution is 6.42. The summed E-state index contributed by atoms with van der Waals surface area (Å²) in [6, 6.07) is 0. The third kappa shape index (κ3) is 1.89. The summed E-state index contributed by atoms with van der Waals surface area (Å²) in [5, 5.41) is 0.460. The molecule has 0 aromatic carbocycles. The molecule has 0 saturated heterocycles. The fourth-order valence-electron chi connectivity index (χ4n) is 0.745. The highest BCUT2D eigenvalue weighted by Gasteiger charge is 2.13. The lowest BCUT2D eigenvalue weighted by Crippen LogP contribution is -2.02. The van der Waals surface area contributed by atoms with Crippen molar-refractivity contribution in [1.82, 2.24) is 4.98 Å². The van der Waals surface area contributed by atoms with Gasteiger partial charge in [-0.15, -0.1) is 11.6 Å². The van der Waals surface area contributed by atoms with Crippen molar-refractivity contribution in [3.05, 3.63) is 28.0 Å². The second-order valence-electron chi connectivity index (χ2n) is 2.03. The average molecular weight is 224 g/mol. The quantitative estimate of drug-likeness (QED) is 0.571. The van der Waals surface area contributed by atoms with Gasteiger partial charge in [-0.25, -0.2) is 0 Å². The number of hydrogen-bond acceptors (Lipinski definition) is 2. The SMILES string of the molecule is O=C(CCl)c1c(Cl)cncc1Cl. The molecule has 0 aliphatic heterocycles. The van der Waals surface area contributed by atoms with E-state index in [-0.39, 0.29) is 27.3 Å². The van der Waals surface area contributed by atoms with E-state index in [1.165, 1.54) is 12.4 Å². The molecule has 0 aliphatic carbocycles. The number of rotatable bonds is 2. The molecule has 0 atom stereocenters. The molecule has 0 fully saturated rings. The molecule has 1 heterocycles. The van der Waals surface area contributed by atoms with E-state index in [1.807, 2.05) is 0 Å². The van der Waals surface area contributed by atoms with Crippen molar-refractivity contribution in [3.63, 3.8) is 0 Å². The minimum absolute atomic E-state index is 0.135. The molecule has 5 heteroatoms. The lowest BCUT2D eigenvalue weighted by Gasteiger charge is -2.01. The minimum Gasteiger partial charge on any atom is -0.293 e. The molecule has 0 bridgehead atoms. The van der Waals surface area contributed by atoms with Gasteiger partial charge in [0, 0.05) is 12.4 Å². The number of halogens is 3. The van der Waals surface area contributed by atoms with Crippen LogP contribution in [-0.2, 0) is 0 Å². The van der Waals surface area contributed by atoms with Gasteiger partial charge in [-0.1, -0.05) is 23.2 Å². The van der Waals surface area contributed by atoms with Crippen LogP contribution in [0.5, 0.6) is 0 Å². The molecule has 0 N–H and O–H groups in total. The van der Waals surface area contributed by atoms with Gasteiger partial charge in [-0.2, -0.15) is 0 Å². The van der Waals surface area contributed by atoms with Crippen molar-refractivity contribution in [2.24, 2.45) is 0 Å². The van der Waals surface area contributed by atoms with Crippen LogP contribution >= 0.6 is 34.8 Å². The zero-order valence-corrected chi connectivity index (χ0v) is 8.12. The number of nitrogens with zero attached hydrogens (tertiary/aromatic N) is 1. The Morgan fingerprint density at radius 3 is 2.25 bits per heavy atom. The Kier molecular flexibility index (Phi) is 3.32. The number of alkyl halides is 1. The number of pyridine rings is 1. The zero-order chi connectivity index (χ0) is 9.14. The summed E-state index contributed by atoms with van der Waals surface area (Å²) in [7, 11) is 0. The summed E-state index contributed by atoms with van der Waals surface area (Å²) in [6.07, 6.45) is 2.71. The first-order chi connectivity index (χ1) is 5.66. The lowest BCUT2D eigenvalue weighted by atomic mass is 10.2. The Morgan fingerprint density at radius 2 is 1.83 bits per heavy atom. The van der Waals surface area contributed by atoms with Gasteiger partial charge in [-0.05, 0) is 0 Å². The molecule has 1 aromatic rings. The second kappa shape index (κ2) is 4.08. The predicted molar refractivity (Wildman–Crippen MR) is 49.3 cm³/mol. The number of ketones is 1. The summed E-state index contributed by atoms with van der Waals surface area (Å²) >= 11 is 16.7. The van der Waals surface area contributed by atoms with Crippen LogP contribution in [0, 0.1) is 0 Å². The molecule has 0 radical (unpaired) electrons. The molecular formula is C7H4Cl3NO. The third-order valence-electron chi connectivity index (χ3n) is 1.25. The van der Waals surface area contributed by atoms with E-state index >= 15 is 0 Å². The van der Waals surface area contributed by atoms with E-state index in [9.17, 15) is 4.79 Å². The number of carbonyl (C=O) groups is 1. The highest BCUT2D eigenvalue weighted by Crippen LogP contribution is 2.23. The molecule has 64 valence electrons. The van der Waals surface area contributed by atoms with Crippen LogP contribution in [0.4, 0.5) is 0 Å². The third-order valence-corrected chi connectivity index (χ3v) is 2.07. The van der Waals surface area contributed by atoms with Gasteiger partial charge in [-0.3, -0.25) is 9.78 Å². The van der Waals surface area contributed by atoms with Gasteiger partial charge in [0.1, 0.15) is 0 Å². The summed E-state index contributed by atoms with van der Waals surface area (Å²) in [6.45, 7) is 0. The number of carbonyl (C=O) groups excluding carboxylic acids is 1. The molecule has 1 rings (SSSR count). The molecule has 0 saturated carbocycles. The average Bonchev–Trinajstić information content (AvgIpc) is 2.03. The van der Waals surface area contributed by atoms with Gasteiger partial charge < -0.3 is 0 Å². The molecule has 0 spiro atoms. The second-order valence-corrected chi connectivity index (χ2v) is 3.12. The molecule has 1 aromatic heterocycles. The Balaban J connectivity index is 3.21. The van der Waals surface area contributed by atoms with E-state index in [4.69, 9.17) is 34.8 Å². The zero-order valence-electron chi connectivity index (χ0n) is 5.85. The Bertz CT molecular complexity index is 293. The fourth-order valence-corrected chi connectivity index (χ4v) is 1.45. The van der Waals surface area contributed by atoms with Crippen LogP contribution < -0.4 is 0 Å². The van der Waals surface area contributed by atoms with Crippen LogP contribution in [0.1, 0.15) is 10.4 Å². The van der Waals surface area contributed by atoms with Crippen LogP contribution in [0.3, 0.4) is 0 Å². The van der Waals surface area contributed by atoms with E-state index < -0.39 is 0 Å². The van der Waals surface area contributed by atoms with E-state index in [0.717, 1.165) is 0 Å². The van der Waals surface area contributed by atoms with Crippen LogP contribution in [0.25, 0.3) is 0 Å². The molecule has 0 amide bonds. The van der Waals surface area contributed by atoms with E-state index in [0.29, 0.717) is 0 Å². The maximum atomic E-state index is 11.1. The number of hydrogen-bond donors (Lipinski definition) is 0. The standard InChI is InChI=1S/C7H4Cl3NO/c8-1-6(12)7-4(9)2-11-3-5(7)10/h2-3H,1H2. The molecule has 2 nitrogen and oxygen atoms in total. The van der Waals surface area contributed by atoms with Crippen molar-refractivity contribution in [2.45, 2.75) is 0 Å². The van der Waals surface area contributed by atoms with Crippen LogP contribution in [-0.4, -0.2) is 16.6 Å². The smallest absolute Gasteiger partial charge is 0.180 e. The van der Waals surface area contributed by atoms with Gasteiger partial charge in [0.25, 0.3) is 0 Å². The number of aromatic nitrogens is 1. The van der Waals surface area contributed by atoms with Gasteiger partial charge in [0.15, 0.2) is 5.78 Å². The minimum atomic E-state index is -0.297. The maximum absolute atomic E-state index is 11.1. The highest BCUT2D eigenvalue weighted by atomic mass is 35.5. The predicted octanol–water partition coefficient (Wildman–Crippen LogP) is 2.81. The summed E-state index contributed by atoms with van der Waals surface area (Å²) in [4.78, 5) is 14.8. The molecular weight excluding hydrogens is 220 g/mol. The Hall–Kier alpha value is -0.310. The van der Waals surface area contributed by atoms with E-state index in [1.54, 1.807) is 0 Å². The topological polar surface area (TPSA) is 30.0 Å². The van der Waals surface area contributed by atoms with Crippen molar-refractivity contribution < 1.29 is 4.79 Å². The van der Waals surface area contributed by atoms with Crippen molar-refractivity contribution >= 4 is 40.6 Å². The lowest BCUT2D eigenvalue weighted by molar-refractivity contribution is 0.102. The van der Waals surface area contributed by atoms with Gasteiger partial charge in [0.05, 0.1) is 21.5 Å². The van der Waals surface area contributed by atoms with Crippen molar-refractivity contribution in [1.29, 1.82) is 0 Å². The van der Waals surface area contributed by atoms with Crippen molar-refractivity contribution in [2.75, 3.05) is 5.88 Å². The largest absolute Gasteiger partial charge is 0.293 e. The van der Waals surface area contributed by atoms with E-state index in [2.05, 4.69) is 4.98 Å². The normalized spacial score (nSPS) is 9.92. The molecule has 12 heavy (non-hydrogen) atoms. The molecule has 0 aliphatic rings. The van der Waals surface area contributed by atoms with Crippen molar-refractivity contribution in [3.8, 4) is 0 Å². The monoisotopic (exact) mass is 223 g/mol. The van der Waals surface area contributed by atoms with Gasteiger partial charge >= 0.3 is 0 Å². The van der Waals surface area contributed by atoms with Crippen LogP contribution in [0.15, 0.2) is 12.4 Å². The van der Waals surface area contributed by atoms with Gasteiger partial charge in [0.2, 0.25) is 0 Å². The first-order valence-corrected chi connectivity index (χ1v) is 4.34. The maximum Gasteiger partial charge on any atom is 0.180 e. The Labute approximate surface area is 84.5 Å². The number of Topliss-reactive ketones (excluding diaryl/α,β-unsaturated/α-hetero) is 1. The summed E-state index contributed by atoms with van der Waals surface area (Å²) in [5.41, 5.74) is 0.239.